The summed E-state index contributed by atoms with van der Waals surface area (Å²) in [6, 6.07) is 18.6. The van der Waals surface area contributed by atoms with Crippen LogP contribution in [0.5, 0.6) is 0 Å². The first-order valence-electron chi connectivity index (χ1n) is 9.59. The maximum absolute atomic E-state index is 13.9. The highest BCUT2D eigenvalue weighted by Gasteiger charge is 2.30. The molecule has 2 aromatic carbocycles. The molecule has 4 aromatic rings. The summed E-state index contributed by atoms with van der Waals surface area (Å²) in [5.41, 5.74) is 1.80. The first-order chi connectivity index (χ1) is 14.6. The fourth-order valence-corrected chi connectivity index (χ4v) is 3.80. The molecule has 0 bridgehead atoms. The number of hydrogen-bond donors (Lipinski definition) is 0. The van der Waals surface area contributed by atoms with Crippen molar-refractivity contribution in [1.29, 1.82) is 0 Å². The van der Waals surface area contributed by atoms with Crippen LogP contribution >= 0.6 is 23.2 Å². The third-order valence-corrected chi connectivity index (χ3v) is 5.59. The molecule has 0 spiro atoms. The van der Waals surface area contributed by atoms with Crippen molar-refractivity contribution in [3.05, 3.63) is 107 Å². The summed E-state index contributed by atoms with van der Waals surface area (Å²) in [5.74, 6) is -0.692. The fourth-order valence-electron chi connectivity index (χ4n) is 3.54. The van der Waals surface area contributed by atoms with Gasteiger partial charge in [0.05, 0.1) is 24.9 Å². The Hall–Kier alpha value is -2.89. The molecule has 0 saturated heterocycles. The summed E-state index contributed by atoms with van der Waals surface area (Å²) in [4.78, 5) is 13.9. The summed E-state index contributed by atoms with van der Waals surface area (Å²) >= 11 is 12.2. The highest BCUT2D eigenvalue weighted by molar-refractivity contribution is 6.30. The Labute approximate surface area is 184 Å². The number of carbonyl (C=O) groups excluding carboxylic acids is 1. The van der Waals surface area contributed by atoms with Crippen molar-refractivity contribution in [2.45, 2.75) is 24.9 Å². The lowest BCUT2D eigenvalue weighted by Gasteiger charge is -2.24. The standard InChI is InChI=1S/C23H20Cl2N4O/c24-19-7-3-17(4-8-19)21(15-28-13-1-11-26-28)23(30)22(16-29-14-2-12-27-29)18-5-9-20(25)10-6-18/h1-14,21-22H,15-16H2. The molecular formula is C23H20Cl2N4O. The van der Waals surface area contributed by atoms with Crippen LogP contribution in [0, 0.1) is 0 Å². The SMILES string of the molecule is O=C(C(Cn1cccn1)c1ccc(Cl)cc1)C(Cn1cccn1)c1ccc(Cl)cc1. The zero-order valence-corrected chi connectivity index (χ0v) is 17.6. The van der Waals surface area contributed by atoms with E-state index in [4.69, 9.17) is 23.2 Å². The zero-order valence-electron chi connectivity index (χ0n) is 16.1. The molecule has 152 valence electrons. The minimum Gasteiger partial charge on any atom is -0.298 e. The van der Waals surface area contributed by atoms with Crippen molar-refractivity contribution in [1.82, 2.24) is 19.6 Å². The van der Waals surface area contributed by atoms with Crippen molar-refractivity contribution in [3.8, 4) is 0 Å². The predicted molar refractivity (Wildman–Crippen MR) is 118 cm³/mol. The van der Waals surface area contributed by atoms with Crippen LogP contribution in [0.15, 0.2) is 85.5 Å². The van der Waals surface area contributed by atoms with Gasteiger partial charge in [-0.05, 0) is 47.5 Å². The highest BCUT2D eigenvalue weighted by Crippen LogP contribution is 2.30. The van der Waals surface area contributed by atoms with E-state index in [1.807, 2.05) is 73.1 Å². The second kappa shape index (κ2) is 9.28. The van der Waals surface area contributed by atoms with Gasteiger partial charge in [-0.2, -0.15) is 10.2 Å². The molecule has 4 rings (SSSR count). The summed E-state index contributed by atoms with van der Waals surface area (Å²) in [7, 11) is 0. The van der Waals surface area contributed by atoms with Gasteiger partial charge in [-0.3, -0.25) is 14.2 Å². The van der Waals surface area contributed by atoms with E-state index in [1.165, 1.54) is 0 Å². The molecule has 0 fully saturated rings. The van der Waals surface area contributed by atoms with Crippen LogP contribution in [-0.4, -0.2) is 25.3 Å². The van der Waals surface area contributed by atoms with Crippen LogP contribution < -0.4 is 0 Å². The molecule has 0 aliphatic rings. The Morgan fingerprint density at radius 2 is 1.13 bits per heavy atom. The van der Waals surface area contributed by atoms with E-state index in [9.17, 15) is 4.79 Å². The van der Waals surface area contributed by atoms with E-state index in [1.54, 1.807) is 21.8 Å². The summed E-state index contributed by atoms with van der Waals surface area (Å²) < 4.78 is 3.56. The molecular weight excluding hydrogens is 419 g/mol. The molecule has 0 aliphatic carbocycles. The third kappa shape index (κ3) is 4.81. The van der Waals surface area contributed by atoms with Gasteiger partial charge in [0.15, 0.2) is 5.78 Å². The first-order valence-corrected chi connectivity index (χ1v) is 10.4. The van der Waals surface area contributed by atoms with Gasteiger partial charge < -0.3 is 0 Å². The Kier molecular flexibility index (Phi) is 6.31. The number of benzene rings is 2. The number of nitrogens with zero attached hydrogens (tertiary/aromatic N) is 4. The number of aromatic nitrogens is 4. The van der Waals surface area contributed by atoms with E-state index in [0.717, 1.165) is 11.1 Å². The maximum Gasteiger partial charge on any atom is 0.151 e. The van der Waals surface area contributed by atoms with Crippen LogP contribution in [0.1, 0.15) is 23.0 Å². The van der Waals surface area contributed by atoms with E-state index in [2.05, 4.69) is 10.2 Å². The lowest BCUT2D eigenvalue weighted by Crippen LogP contribution is -2.28. The summed E-state index contributed by atoms with van der Waals surface area (Å²) in [6.45, 7) is 0.882. The van der Waals surface area contributed by atoms with Gasteiger partial charge in [0.2, 0.25) is 0 Å². The second-order valence-corrected chi connectivity index (χ2v) is 7.94. The topological polar surface area (TPSA) is 52.7 Å². The quantitative estimate of drug-likeness (QED) is 0.378. The number of rotatable bonds is 8. The lowest BCUT2D eigenvalue weighted by molar-refractivity contribution is -0.122. The summed E-state index contributed by atoms with van der Waals surface area (Å²) in [6.07, 6.45) is 7.15. The van der Waals surface area contributed by atoms with Crippen LogP contribution in [-0.2, 0) is 17.9 Å². The van der Waals surface area contributed by atoms with E-state index in [-0.39, 0.29) is 5.78 Å². The Bertz CT molecular complexity index is 988. The number of carbonyl (C=O) groups is 1. The highest BCUT2D eigenvalue weighted by atomic mass is 35.5. The molecule has 7 heteroatoms. The summed E-state index contributed by atoms with van der Waals surface area (Å²) in [5, 5.41) is 9.88. The maximum atomic E-state index is 13.9. The molecule has 5 nitrogen and oxygen atoms in total. The Morgan fingerprint density at radius 1 is 0.733 bits per heavy atom. The van der Waals surface area contributed by atoms with Crippen LogP contribution in [0.4, 0.5) is 0 Å². The molecule has 0 radical (unpaired) electrons. The zero-order chi connectivity index (χ0) is 20.9. The normalized spacial score (nSPS) is 13.1. The van der Waals surface area contributed by atoms with Gasteiger partial charge in [0.1, 0.15) is 0 Å². The molecule has 0 amide bonds. The second-order valence-electron chi connectivity index (χ2n) is 7.07. The molecule has 0 saturated carbocycles. The van der Waals surface area contributed by atoms with Gasteiger partial charge in [-0.1, -0.05) is 47.5 Å². The molecule has 30 heavy (non-hydrogen) atoms. The van der Waals surface area contributed by atoms with Gasteiger partial charge in [0.25, 0.3) is 0 Å². The van der Waals surface area contributed by atoms with Crippen molar-refractivity contribution >= 4 is 29.0 Å². The van der Waals surface area contributed by atoms with Crippen molar-refractivity contribution in [2.24, 2.45) is 0 Å². The van der Waals surface area contributed by atoms with Gasteiger partial charge in [-0.25, -0.2) is 0 Å². The van der Waals surface area contributed by atoms with Crippen molar-refractivity contribution < 1.29 is 4.79 Å². The van der Waals surface area contributed by atoms with Crippen LogP contribution in [0.3, 0.4) is 0 Å². The number of hydrogen-bond acceptors (Lipinski definition) is 3. The van der Waals surface area contributed by atoms with Gasteiger partial charge >= 0.3 is 0 Å². The molecule has 2 heterocycles. The van der Waals surface area contributed by atoms with E-state index in [0.29, 0.717) is 23.1 Å². The molecule has 0 aliphatic heterocycles. The Morgan fingerprint density at radius 3 is 1.47 bits per heavy atom. The lowest BCUT2D eigenvalue weighted by atomic mass is 9.83. The van der Waals surface area contributed by atoms with Crippen LogP contribution in [0.2, 0.25) is 10.0 Å². The molecule has 2 aromatic heterocycles. The van der Waals surface area contributed by atoms with Crippen molar-refractivity contribution in [2.75, 3.05) is 0 Å². The number of ketones is 1. The molecule has 2 unspecified atom stereocenters. The number of halogens is 2. The monoisotopic (exact) mass is 438 g/mol. The molecule has 2 atom stereocenters. The molecule has 0 N–H and O–H groups in total. The average Bonchev–Trinajstić information content (AvgIpc) is 3.46. The number of Topliss-reactive ketones (excluding diaryl/α,β-unsaturated/α-hetero) is 1. The smallest absolute Gasteiger partial charge is 0.151 e. The van der Waals surface area contributed by atoms with Crippen LogP contribution in [0.25, 0.3) is 0 Å². The van der Waals surface area contributed by atoms with Gasteiger partial charge in [-0.15, -0.1) is 0 Å². The minimum atomic E-state index is -0.390. The minimum absolute atomic E-state index is 0.0886. The van der Waals surface area contributed by atoms with E-state index >= 15 is 0 Å². The Balaban J connectivity index is 1.72. The fraction of sp³-hybridized carbons (Fsp3) is 0.174. The van der Waals surface area contributed by atoms with E-state index < -0.39 is 11.8 Å². The average molecular weight is 439 g/mol. The third-order valence-electron chi connectivity index (χ3n) is 5.09. The largest absolute Gasteiger partial charge is 0.298 e. The van der Waals surface area contributed by atoms with Gasteiger partial charge in [0, 0.05) is 34.8 Å². The van der Waals surface area contributed by atoms with Crippen molar-refractivity contribution in [3.63, 3.8) is 0 Å². The predicted octanol–water partition coefficient (Wildman–Crippen LogP) is 5.22. The first kappa shape index (κ1) is 20.4.